The maximum Gasteiger partial charge on any atom is 0.210 e. The van der Waals surface area contributed by atoms with Crippen LogP contribution in [-0.4, -0.2) is 103 Å². The van der Waals surface area contributed by atoms with Crippen LogP contribution in [0.2, 0.25) is 0 Å². The number of hydrogen-bond acceptors (Lipinski definition) is 9. The molecule has 3 aliphatic heterocycles. The second-order valence-electron chi connectivity index (χ2n) is 12.4. The number of benzene rings is 2. The van der Waals surface area contributed by atoms with Gasteiger partial charge in [0.05, 0.1) is 28.8 Å². The molecule has 0 bridgehead atoms. The highest BCUT2D eigenvalue weighted by atomic mass is 32.2. The molecule has 1 N–H and O–H groups in total. The minimum absolute atomic E-state index is 0.00278. The van der Waals surface area contributed by atoms with Gasteiger partial charge in [0.25, 0.3) is 0 Å². The number of sulfone groups is 1. The number of aromatic nitrogens is 1. The van der Waals surface area contributed by atoms with E-state index in [0.717, 1.165) is 70.8 Å². The van der Waals surface area contributed by atoms with Crippen molar-refractivity contribution in [1.29, 1.82) is 0 Å². The highest BCUT2D eigenvalue weighted by Gasteiger charge is 2.34. The molecule has 0 aliphatic carbocycles. The van der Waals surface area contributed by atoms with Gasteiger partial charge in [0, 0.05) is 49.4 Å². The van der Waals surface area contributed by atoms with Crippen LogP contribution >= 0.6 is 0 Å². The van der Waals surface area contributed by atoms with E-state index < -0.39 is 26.8 Å². The molecule has 0 saturated carbocycles. The van der Waals surface area contributed by atoms with Crippen molar-refractivity contribution < 1.29 is 27.2 Å². The third-order valence-electron chi connectivity index (χ3n) is 9.65. The molecule has 1 unspecified atom stereocenters. The van der Waals surface area contributed by atoms with Gasteiger partial charge in [-0.15, -0.1) is 0 Å². The molecule has 4 heterocycles. The highest BCUT2D eigenvalue weighted by molar-refractivity contribution is 7.91. The van der Waals surface area contributed by atoms with Gasteiger partial charge < -0.3 is 24.2 Å². The number of β-amino-alcohol motifs (C(OH)–C–C–N with tert-alkyl or cyclic N) is 1. The Labute approximate surface area is 268 Å². The van der Waals surface area contributed by atoms with Crippen LogP contribution in [-0.2, 0) is 21.0 Å². The fraction of sp³-hybridized carbons (Fsp3) is 0.545. The summed E-state index contributed by atoms with van der Waals surface area (Å²) in [5.41, 5.74) is 1.14. The molecule has 3 aliphatic rings. The molecule has 0 amide bonds. The van der Waals surface area contributed by atoms with Crippen molar-refractivity contribution in [2.45, 2.75) is 78.3 Å². The quantitative estimate of drug-likeness (QED) is 0.356. The van der Waals surface area contributed by atoms with Crippen LogP contribution in [0.1, 0.15) is 45.4 Å². The minimum Gasteiger partial charge on any atom is -0.612 e. The van der Waals surface area contributed by atoms with Crippen molar-refractivity contribution in [3.05, 3.63) is 48.4 Å². The summed E-state index contributed by atoms with van der Waals surface area (Å²) in [6.45, 7) is 7.21. The monoisotopic (exact) mass is 658 g/mol. The van der Waals surface area contributed by atoms with Crippen molar-refractivity contribution >= 4 is 37.6 Å². The van der Waals surface area contributed by atoms with Crippen molar-refractivity contribution in [1.82, 2.24) is 14.8 Å². The van der Waals surface area contributed by atoms with Gasteiger partial charge in [0.2, 0.25) is 9.84 Å². The lowest BCUT2D eigenvalue weighted by atomic mass is 9.95. The summed E-state index contributed by atoms with van der Waals surface area (Å²) in [5, 5.41) is 10.8. The number of pyridine rings is 1. The van der Waals surface area contributed by atoms with Gasteiger partial charge >= 0.3 is 0 Å². The number of aliphatic hydroxyl groups excluding tert-OH is 1. The first-order valence-electron chi connectivity index (χ1n) is 16.0. The van der Waals surface area contributed by atoms with E-state index in [4.69, 9.17) is 4.74 Å². The molecule has 3 saturated heterocycles. The fourth-order valence-electron chi connectivity index (χ4n) is 7.27. The zero-order valence-electron chi connectivity index (χ0n) is 26.0. The lowest BCUT2D eigenvalue weighted by Gasteiger charge is -2.45. The number of fused-ring (bicyclic) bond motifs is 1. The summed E-state index contributed by atoms with van der Waals surface area (Å²) in [4.78, 5) is 12.1. The molecule has 0 spiro atoms. The molecule has 0 radical (unpaired) electrons. The number of hydrogen-bond donors (Lipinski definition) is 1. The normalized spacial score (nSPS) is 22.2. The Bertz CT molecular complexity index is 1610. The van der Waals surface area contributed by atoms with Crippen molar-refractivity contribution in [3.63, 3.8) is 0 Å². The summed E-state index contributed by atoms with van der Waals surface area (Å²) >= 11 is -1.27. The summed E-state index contributed by atoms with van der Waals surface area (Å²) in [5.74, 6) is -0.735. The Morgan fingerprint density at radius 3 is 2.38 bits per heavy atom. The molecule has 45 heavy (non-hydrogen) atoms. The Balaban J connectivity index is 1.26. The summed E-state index contributed by atoms with van der Waals surface area (Å²) in [7, 11) is -4.16. The lowest BCUT2D eigenvalue weighted by molar-refractivity contribution is 0.0170. The number of piperidine rings is 3. The molecule has 3 aromatic rings. The standard InChI is InChI=1S/C33H43FN4O5S2/c1-3-43-31-9-7-27(20-29(31)34)45(41,42)32-21-35-30-8-6-26(44(2)40)19-28(30)33(32)37-17-12-23(13-18-37)36-15-10-24(11-16-36)38-14-4-5-25(39)22-38/h6-9,19-21,23-25,39H,3-5,10-18,22H2,1-2H3/t25-,44?/m1/s1. The van der Waals surface area contributed by atoms with Gasteiger partial charge in [-0.3, -0.25) is 9.88 Å². The zero-order valence-corrected chi connectivity index (χ0v) is 27.7. The Morgan fingerprint density at radius 1 is 1.00 bits per heavy atom. The third-order valence-corrected chi connectivity index (χ3v) is 12.3. The number of nitrogens with zero attached hydrogens (tertiary/aromatic N) is 4. The average Bonchev–Trinajstić information content (AvgIpc) is 3.05. The van der Waals surface area contributed by atoms with E-state index >= 15 is 0 Å². The first-order chi connectivity index (χ1) is 21.7. The first kappa shape index (κ1) is 32.5. The summed E-state index contributed by atoms with van der Waals surface area (Å²) in [6, 6.07) is 9.97. The first-order valence-corrected chi connectivity index (χ1v) is 19.0. The van der Waals surface area contributed by atoms with E-state index in [-0.39, 0.29) is 28.3 Å². The maximum absolute atomic E-state index is 14.8. The topological polar surface area (TPSA) is 109 Å². The number of rotatable bonds is 8. The van der Waals surface area contributed by atoms with Crippen LogP contribution in [0, 0.1) is 5.82 Å². The van der Waals surface area contributed by atoms with Gasteiger partial charge in [0.15, 0.2) is 16.5 Å². The van der Waals surface area contributed by atoms with E-state index in [1.807, 2.05) is 0 Å². The van der Waals surface area contributed by atoms with E-state index in [2.05, 4.69) is 19.7 Å². The number of likely N-dealkylation sites (tertiary alicyclic amines) is 2. The molecule has 1 aromatic heterocycles. The van der Waals surface area contributed by atoms with E-state index in [1.165, 1.54) is 18.3 Å². The molecule has 6 rings (SSSR count). The Hall–Kier alpha value is -2.48. The van der Waals surface area contributed by atoms with E-state index in [1.54, 1.807) is 31.4 Å². The Kier molecular flexibility index (Phi) is 9.89. The summed E-state index contributed by atoms with van der Waals surface area (Å²) in [6.07, 6.45) is 8.68. The lowest BCUT2D eigenvalue weighted by Crippen LogP contribution is -2.53. The third kappa shape index (κ3) is 6.82. The van der Waals surface area contributed by atoms with E-state index in [9.17, 15) is 22.5 Å². The predicted molar refractivity (Wildman–Crippen MR) is 174 cm³/mol. The molecular weight excluding hydrogens is 616 g/mol. The van der Waals surface area contributed by atoms with Crippen LogP contribution in [0.15, 0.2) is 57.3 Å². The SMILES string of the molecule is CCOc1ccc(S(=O)(=O)c2cnc3ccc([S+](C)[O-])cc3c2N2CCC(N3CCC(N4CCC[C@@H](O)C4)CC3)CC2)cc1F. The predicted octanol–water partition coefficient (Wildman–Crippen LogP) is 4.23. The van der Waals surface area contributed by atoms with Crippen LogP contribution in [0.3, 0.4) is 0 Å². The molecular formula is C33H43FN4O5S2. The number of aliphatic hydroxyl groups is 1. The largest absolute Gasteiger partial charge is 0.612 e. The smallest absolute Gasteiger partial charge is 0.210 e. The average molecular weight is 659 g/mol. The van der Waals surface area contributed by atoms with Crippen LogP contribution < -0.4 is 9.64 Å². The minimum atomic E-state index is -4.16. The van der Waals surface area contributed by atoms with Crippen molar-refractivity contribution in [2.75, 3.05) is 57.0 Å². The highest BCUT2D eigenvalue weighted by Crippen LogP contribution is 2.39. The zero-order chi connectivity index (χ0) is 31.7. The van der Waals surface area contributed by atoms with Crippen LogP contribution in [0.4, 0.5) is 10.1 Å². The van der Waals surface area contributed by atoms with Gasteiger partial charge in [-0.2, -0.15) is 0 Å². The summed E-state index contributed by atoms with van der Waals surface area (Å²) < 4.78 is 60.8. The fourth-order valence-corrected chi connectivity index (χ4v) is 9.26. The molecule has 2 atom stereocenters. The van der Waals surface area contributed by atoms with Crippen LogP contribution in [0.25, 0.3) is 10.9 Å². The van der Waals surface area contributed by atoms with Gasteiger partial charge in [-0.05, 0) is 107 Å². The molecule has 3 fully saturated rings. The van der Waals surface area contributed by atoms with Gasteiger partial charge in [0.1, 0.15) is 11.2 Å². The van der Waals surface area contributed by atoms with E-state index in [0.29, 0.717) is 46.7 Å². The molecule has 9 nitrogen and oxygen atoms in total. The molecule has 2 aromatic carbocycles. The van der Waals surface area contributed by atoms with Crippen molar-refractivity contribution in [3.8, 4) is 5.75 Å². The number of halogens is 1. The second-order valence-corrected chi connectivity index (χ2v) is 15.7. The van der Waals surface area contributed by atoms with Gasteiger partial charge in [-0.25, -0.2) is 12.8 Å². The maximum atomic E-state index is 14.8. The molecule has 244 valence electrons. The number of anilines is 1. The Morgan fingerprint density at radius 2 is 1.71 bits per heavy atom. The van der Waals surface area contributed by atoms with Gasteiger partial charge in [-0.1, -0.05) is 0 Å². The number of ether oxygens (including phenoxy) is 1. The molecule has 12 heteroatoms. The van der Waals surface area contributed by atoms with Crippen LogP contribution in [0.5, 0.6) is 5.75 Å². The van der Waals surface area contributed by atoms with Crippen molar-refractivity contribution in [2.24, 2.45) is 0 Å². The second kappa shape index (κ2) is 13.7.